The van der Waals surface area contributed by atoms with E-state index in [0.717, 1.165) is 6.42 Å². The Morgan fingerprint density at radius 3 is 2.44 bits per heavy atom. The van der Waals surface area contributed by atoms with E-state index < -0.39 is 0 Å². The molecule has 1 aromatic rings. The van der Waals surface area contributed by atoms with Crippen molar-refractivity contribution in [3.8, 4) is 0 Å². The molecule has 1 aromatic heterocycles. The van der Waals surface area contributed by atoms with Crippen molar-refractivity contribution in [2.24, 2.45) is 5.73 Å². The van der Waals surface area contributed by atoms with Gasteiger partial charge in [0.2, 0.25) is 0 Å². The summed E-state index contributed by atoms with van der Waals surface area (Å²) in [5.41, 5.74) is 7.65. The van der Waals surface area contributed by atoms with Gasteiger partial charge in [0.05, 0.1) is 6.04 Å². The predicted molar refractivity (Wildman–Crippen MR) is 73.0 cm³/mol. The molecule has 92 valence electrons. The van der Waals surface area contributed by atoms with Crippen molar-refractivity contribution in [1.82, 2.24) is 4.90 Å². The fourth-order valence-electron chi connectivity index (χ4n) is 1.91. The Morgan fingerprint density at radius 2 is 2.06 bits per heavy atom. The number of hydrogen-bond acceptors (Lipinski definition) is 3. The van der Waals surface area contributed by atoms with Crippen LogP contribution in [0.3, 0.4) is 0 Å². The van der Waals surface area contributed by atoms with Gasteiger partial charge in [-0.05, 0) is 51.2 Å². The van der Waals surface area contributed by atoms with Crippen LogP contribution in [0.5, 0.6) is 0 Å². The molecule has 16 heavy (non-hydrogen) atoms. The largest absolute Gasteiger partial charge is 0.326 e. The zero-order valence-electron chi connectivity index (χ0n) is 11.0. The van der Waals surface area contributed by atoms with E-state index in [-0.39, 0.29) is 6.04 Å². The van der Waals surface area contributed by atoms with E-state index in [0.29, 0.717) is 12.1 Å². The number of aryl methyl sites for hydroxylation is 1. The third-order valence-corrected chi connectivity index (χ3v) is 4.39. The van der Waals surface area contributed by atoms with Crippen molar-refractivity contribution in [2.75, 3.05) is 7.05 Å². The van der Waals surface area contributed by atoms with Crippen molar-refractivity contribution < 1.29 is 0 Å². The fraction of sp³-hybridized carbons (Fsp3) is 0.692. The number of nitrogens with two attached hydrogens (primary N) is 1. The summed E-state index contributed by atoms with van der Waals surface area (Å²) in [7, 11) is 2.17. The van der Waals surface area contributed by atoms with Gasteiger partial charge in [0.15, 0.2) is 0 Å². The molecule has 2 nitrogen and oxygen atoms in total. The molecule has 0 aromatic carbocycles. The molecule has 3 heteroatoms. The summed E-state index contributed by atoms with van der Waals surface area (Å²) in [5.74, 6) is 0. The molecule has 2 atom stereocenters. The maximum Gasteiger partial charge on any atom is 0.0595 e. The highest BCUT2D eigenvalue weighted by Crippen LogP contribution is 2.31. The summed E-state index contributed by atoms with van der Waals surface area (Å²) in [5, 5.41) is 2.16. The molecule has 0 amide bonds. The van der Waals surface area contributed by atoms with Crippen LogP contribution in [0.15, 0.2) is 11.4 Å². The van der Waals surface area contributed by atoms with Crippen LogP contribution in [-0.2, 0) is 0 Å². The van der Waals surface area contributed by atoms with Crippen LogP contribution in [0.2, 0.25) is 0 Å². The topological polar surface area (TPSA) is 29.3 Å². The van der Waals surface area contributed by atoms with Crippen LogP contribution in [-0.4, -0.2) is 24.0 Å². The third kappa shape index (κ3) is 2.84. The molecular weight excluding hydrogens is 216 g/mol. The molecule has 0 spiro atoms. The Labute approximate surface area is 103 Å². The Kier molecular flexibility index (Phi) is 4.96. The van der Waals surface area contributed by atoms with Crippen molar-refractivity contribution in [3.05, 3.63) is 21.9 Å². The second kappa shape index (κ2) is 5.80. The van der Waals surface area contributed by atoms with Gasteiger partial charge in [-0.2, -0.15) is 0 Å². The van der Waals surface area contributed by atoms with E-state index in [4.69, 9.17) is 5.73 Å². The first-order valence-corrected chi connectivity index (χ1v) is 6.88. The minimum atomic E-state index is 0.213. The van der Waals surface area contributed by atoms with Gasteiger partial charge in [-0.25, -0.2) is 0 Å². The lowest BCUT2D eigenvalue weighted by molar-refractivity contribution is 0.170. The van der Waals surface area contributed by atoms with Crippen LogP contribution < -0.4 is 5.73 Å². The highest BCUT2D eigenvalue weighted by Gasteiger charge is 2.26. The lowest BCUT2D eigenvalue weighted by Gasteiger charge is -2.35. The Morgan fingerprint density at radius 1 is 1.44 bits per heavy atom. The normalized spacial score (nSPS) is 15.8. The van der Waals surface area contributed by atoms with Gasteiger partial charge in [0.25, 0.3) is 0 Å². The van der Waals surface area contributed by atoms with Gasteiger partial charge in [-0.1, -0.05) is 6.92 Å². The Balaban J connectivity index is 3.01. The third-order valence-electron chi connectivity index (χ3n) is 3.30. The number of thiophene rings is 1. The summed E-state index contributed by atoms with van der Waals surface area (Å²) in [6.07, 6.45) is 1.01. The molecule has 2 N–H and O–H groups in total. The van der Waals surface area contributed by atoms with E-state index in [9.17, 15) is 0 Å². The van der Waals surface area contributed by atoms with E-state index in [1.54, 1.807) is 0 Å². The number of likely N-dealkylation sites (N-methyl/N-ethyl adjacent to an activating group) is 1. The number of rotatable bonds is 5. The van der Waals surface area contributed by atoms with Crippen LogP contribution >= 0.6 is 11.3 Å². The monoisotopic (exact) mass is 240 g/mol. The van der Waals surface area contributed by atoms with Crippen LogP contribution in [0, 0.1) is 6.92 Å². The van der Waals surface area contributed by atoms with Crippen LogP contribution in [0.4, 0.5) is 0 Å². The van der Waals surface area contributed by atoms with E-state index in [1.807, 2.05) is 11.3 Å². The number of nitrogens with zero attached hydrogens (tertiary/aromatic N) is 1. The molecule has 1 rings (SSSR count). The molecule has 0 radical (unpaired) electrons. The molecule has 0 aliphatic heterocycles. The van der Waals surface area contributed by atoms with Crippen molar-refractivity contribution in [1.29, 1.82) is 0 Å². The van der Waals surface area contributed by atoms with Gasteiger partial charge < -0.3 is 5.73 Å². The quantitative estimate of drug-likeness (QED) is 0.856. The minimum absolute atomic E-state index is 0.213. The summed E-state index contributed by atoms with van der Waals surface area (Å²) >= 11 is 1.83. The van der Waals surface area contributed by atoms with Crippen LogP contribution in [0.25, 0.3) is 0 Å². The zero-order valence-corrected chi connectivity index (χ0v) is 11.8. The van der Waals surface area contributed by atoms with Gasteiger partial charge in [0, 0.05) is 17.0 Å². The first-order valence-electron chi connectivity index (χ1n) is 6.00. The molecular formula is C13H24N2S. The molecule has 0 fully saturated rings. The average Bonchev–Trinajstić information content (AvgIpc) is 2.64. The van der Waals surface area contributed by atoms with Gasteiger partial charge >= 0.3 is 0 Å². The maximum atomic E-state index is 6.28. The molecule has 1 heterocycles. The smallest absolute Gasteiger partial charge is 0.0595 e. The van der Waals surface area contributed by atoms with Crippen molar-refractivity contribution >= 4 is 11.3 Å². The highest BCUT2D eigenvalue weighted by atomic mass is 32.1. The number of hydrogen-bond donors (Lipinski definition) is 1. The summed E-state index contributed by atoms with van der Waals surface area (Å²) in [4.78, 5) is 3.80. The summed E-state index contributed by atoms with van der Waals surface area (Å²) in [6, 6.07) is 3.27. The summed E-state index contributed by atoms with van der Waals surface area (Å²) < 4.78 is 0. The second-order valence-electron chi connectivity index (χ2n) is 4.74. The lowest BCUT2D eigenvalue weighted by Crippen LogP contribution is -2.41. The van der Waals surface area contributed by atoms with Crippen molar-refractivity contribution in [3.63, 3.8) is 0 Å². The first kappa shape index (κ1) is 13.7. The molecule has 0 aliphatic rings. The molecule has 0 saturated carbocycles. The molecule has 0 saturated heterocycles. The predicted octanol–water partition coefficient (Wildman–Crippen LogP) is 3.18. The molecule has 2 unspecified atom stereocenters. The lowest BCUT2D eigenvalue weighted by atomic mass is 10.00. The molecule has 0 aliphatic carbocycles. The Bertz CT molecular complexity index is 319. The van der Waals surface area contributed by atoms with Crippen molar-refractivity contribution in [2.45, 2.75) is 52.2 Å². The fourth-order valence-corrected chi connectivity index (χ4v) is 3.07. The van der Waals surface area contributed by atoms with E-state index >= 15 is 0 Å². The average molecular weight is 240 g/mol. The van der Waals surface area contributed by atoms with Crippen LogP contribution in [0.1, 0.15) is 43.7 Å². The van der Waals surface area contributed by atoms with E-state index in [2.05, 4.69) is 51.1 Å². The SMILES string of the molecule is CCC(N)C(c1sccc1C)N(C)C(C)C. The second-order valence-corrected chi connectivity index (χ2v) is 5.69. The first-order chi connectivity index (χ1) is 7.49. The van der Waals surface area contributed by atoms with E-state index in [1.165, 1.54) is 10.4 Å². The van der Waals surface area contributed by atoms with Gasteiger partial charge in [-0.3, -0.25) is 4.90 Å². The molecule has 0 bridgehead atoms. The van der Waals surface area contributed by atoms with Gasteiger partial charge in [0.1, 0.15) is 0 Å². The maximum absolute atomic E-state index is 6.28. The Hall–Kier alpha value is -0.380. The summed E-state index contributed by atoms with van der Waals surface area (Å²) in [6.45, 7) is 8.78. The minimum Gasteiger partial charge on any atom is -0.326 e. The standard InChI is InChI=1S/C13H24N2S/c1-6-11(14)12(15(5)9(2)3)13-10(4)7-8-16-13/h7-9,11-12H,6,14H2,1-5H3. The zero-order chi connectivity index (χ0) is 12.3. The highest BCUT2D eigenvalue weighted by molar-refractivity contribution is 7.10. The van der Waals surface area contributed by atoms with Gasteiger partial charge in [-0.15, -0.1) is 11.3 Å².